The van der Waals surface area contributed by atoms with Gasteiger partial charge >= 0.3 is 0 Å². The van der Waals surface area contributed by atoms with Crippen molar-refractivity contribution in [1.29, 1.82) is 0 Å². The Hall–Kier alpha value is -2.73. The third kappa shape index (κ3) is 24.1. The number of hydrogen-bond donors (Lipinski definition) is 2. The maximum atomic E-state index is 10.2. The first-order valence-electron chi connectivity index (χ1n) is 18.7. The molecule has 2 aromatic carbocycles. The molecular formula is C41H74N2O4. The third-order valence-corrected chi connectivity index (χ3v) is 8.39. The first-order chi connectivity index (χ1) is 22.8. The van der Waals surface area contributed by atoms with Crippen LogP contribution >= 0.6 is 0 Å². The first-order valence-corrected chi connectivity index (χ1v) is 18.7. The third-order valence-electron chi connectivity index (χ3n) is 8.39. The topological polar surface area (TPSA) is 85.0 Å². The van der Waals surface area contributed by atoms with Crippen LogP contribution in [0.3, 0.4) is 0 Å². The lowest BCUT2D eigenvalue weighted by Gasteiger charge is -2.32. The molecule has 0 aromatic heterocycles. The number of rotatable bonds is 22. The highest BCUT2D eigenvalue weighted by Gasteiger charge is 2.17. The van der Waals surface area contributed by atoms with E-state index in [4.69, 9.17) is 20.3 Å². The van der Waals surface area contributed by atoms with Crippen molar-refractivity contribution in [3.63, 3.8) is 0 Å². The molecule has 0 amide bonds. The lowest BCUT2D eigenvalue weighted by molar-refractivity contribution is -0.111. The number of carbonyl (C=O) groups excluding carboxylic acids is 1. The number of nitrogens with zero attached hydrogens (tertiary/aromatic N) is 1. The van der Waals surface area contributed by atoms with E-state index in [0.717, 1.165) is 61.9 Å². The van der Waals surface area contributed by atoms with Gasteiger partial charge in [0.15, 0.2) is 0 Å². The predicted octanol–water partition coefficient (Wildman–Crippen LogP) is 11.0. The number of nitrogen functional groups attached to an aromatic ring is 1. The number of hydrogen-bond acceptors (Lipinski definition) is 6. The van der Waals surface area contributed by atoms with Crippen LogP contribution in [0.2, 0.25) is 0 Å². The van der Waals surface area contributed by atoms with Crippen molar-refractivity contribution >= 4 is 17.7 Å². The number of aliphatic hydroxyl groups is 1. The average Bonchev–Trinajstić information content (AvgIpc) is 3.11. The molecular weight excluding hydrogens is 584 g/mol. The highest BCUT2D eigenvalue weighted by Crippen LogP contribution is 2.26. The number of unbranched alkanes of at least 4 members (excludes halogenated alkanes) is 3. The Kier molecular flexibility index (Phi) is 32.8. The summed E-state index contributed by atoms with van der Waals surface area (Å²) < 4.78 is 10.8. The van der Waals surface area contributed by atoms with E-state index in [0.29, 0.717) is 12.5 Å². The summed E-state index contributed by atoms with van der Waals surface area (Å²) in [6.45, 7) is 21.3. The number of aliphatic hydroxyl groups excluding tert-OH is 1. The van der Waals surface area contributed by atoms with Gasteiger partial charge in [0, 0.05) is 37.5 Å². The largest absolute Gasteiger partial charge is 0.494 e. The lowest BCUT2D eigenvalue weighted by Crippen LogP contribution is -2.34. The molecule has 3 atom stereocenters. The summed E-state index contributed by atoms with van der Waals surface area (Å²) in [6.07, 6.45) is 16.1. The van der Waals surface area contributed by atoms with E-state index in [2.05, 4.69) is 70.7 Å². The molecule has 272 valence electrons. The highest BCUT2D eigenvalue weighted by atomic mass is 16.5. The summed E-state index contributed by atoms with van der Waals surface area (Å²) >= 11 is 0. The Morgan fingerprint density at radius 1 is 0.638 bits per heavy atom. The van der Waals surface area contributed by atoms with Crippen molar-refractivity contribution in [2.45, 2.75) is 132 Å². The molecule has 0 saturated carbocycles. The Bertz CT molecular complexity index is 902. The second-order valence-corrected chi connectivity index (χ2v) is 12.1. The summed E-state index contributed by atoms with van der Waals surface area (Å²) in [7, 11) is 1.00. The molecule has 3 N–H and O–H groups in total. The minimum atomic E-state index is 0.324. The van der Waals surface area contributed by atoms with Gasteiger partial charge in [-0.2, -0.15) is 0 Å². The van der Waals surface area contributed by atoms with Crippen molar-refractivity contribution in [3.05, 3.63) is 48.5 Å². The van der Waals surface area contributed by atoms with Crippen LogP contribution in [-0.4, -0.2) is 44.8 Å². The van der Waals surface area contributed by atoms with Crippen LogP contribution in [0.15, 0.2) is 48.5 Å². The Morgan fingerprint density at radius 2 is 1.04 bits per heavy atom. The molecule has 3 unspecified atom stereocenters. The second kappa shape index (κ2) is 33.2. The van der Waals surface area contributed by atoms with Crippen molar-refractivity contribution in [3.8, 4) is 11.5 Å². The first kappa shape index (κ1) is 46.4. The maximum Gasteiger partial charge on any atom is 0.123 e. The van der Waals surface area contributed by atoms with Gasteiger partial charge in [-0.15, -0.1) is 0 Å². The van der Waals surface area contributed by atoms with Gasteiger partial charge in [0.25, 0.3) is 0 Å². The number of ether oxygens (including phenoxy) is 2. The molecule has 0 aliphatic heterocycles. The summed E-state index contributed by atoms with van der Waals surface area (Å²) in [5.41, 5.74) is 7.59. The van der Waals surface area contributed by atoms with Gasteiger partial charge in [-0.3, -0.25) is 0 Å². The summed E-state index contributed by atoms with van der Waals surface area (Å²) in [5.74, 6) is 3.77. The van der Waals surface area contributed by atoms with Crippen LogP contribution in [0.4, 0.5) is 11.4 Å². The Morgan fingerprint density at radius 3 is 1.38 bits per heavy atom. The van der Waals surface area contributed by atoms with E-state index >= 15 is 0 Å². The van der Waals surface area contributed by atoms with Gasteiger partial charge in [-0.1, -0.05) is 92.9 Å². The molecule has 6 heteroatoms. The average molecular weight is 659 g/mol. The van der Waals surface area contributed by atoms with Crippen molar-refractivity contribution in [2.24, 2.45) is 17.8 Å². The van der Waals surface area contributed by atoms with E-state index in [1.165, 1.54) is 83.0 Å². The second-order valence-electron chi connectivity index (χ2n) is 12.1. The molecule has 0 aliphatic carbocycles. The standard InChI is InChI=1S/C24H43NO.C8H11NO.C8H16O.CH4O/c1-6-11-13-21(8-3)19-25(20-22(9-4)14-12-7-2)23-15-17-24(18-16-23)26-10-5;1-2-10-8-5-3-7(9)4-6-8;1-3-5-6-8(4-2)7-9;1-2/h15-18,21-22H,6-14,19-20H2,1-5H3;3-6H,2,9H2,1H3;7-8H,3-6H2,1-2H3;2H,1H3. The molecule has 2 aromatic rings. The minimum Gasteiger partial charge on any atom is -0.494 e. The van der Waals surface area contributed by atoms with Gasteiger partial charge in [-0.05, 0) is 99.9 Å². The fourth-order valence-corrected chi connectivity index (χ4v) is 5.23. The van der Waals surface area contributed by atoms with E-state index in [1.54, 1.807) is 0 Å². The quantitative estimate of drug-likeness (QED) is 0.0967. The van der Waals surface area contributed by atoms with Crippen LogP contribution in [-0.2, 0) is 4.79 Å². The van der Waals surface area contributed by atoms with Crippen molar-refractivity contribution < 1.29 is 19.4 Å². The number of aldehydes is 1. The Balaban J connectivity index is 0. The Labute approximate surface area is 290 Å². The number of anilines is 2. The number of carbonyl (C=O) groups is 1. The fourth-order valence-electron chi connectivity index (χ4n) is 5.23. The van der Waals surface area contributed by atoms with Gasteiger partial charge in [0.2, 0.25) is 0 Å². The molecule has 47 heavy (non-hydrogen) atoms. The lowest BCUT2D eigenvalue weighted by atomic mass is 9.95. The fraction of sp³-hybridized carbons (Fsp3) is 0.683. The van der Waals surface area contributed by atoms with E-state index < -0.39 is 0 Å². The van der Waals surface area contributed by atoms with Gasteiger partial charge < -0.3 is 30.0 Å². The number of benzene rings is 2. The van der Waals surface area contributed by atoms with Crippen molar-refractivity contribution in [2.75, 3.05) is 44.0 Å². The molecule has 0 saturated heterocycles. The van der Waals surface area contributed by atoms with Gasteiger partial charge in [0.1, 0.15) is 17.8 Å². The molecule has 6 nitrogen and oxygen atoms in total. The van der Waals surface area contributed by atoms with Crippen molar-refractivity contribution in [1.82, 2.24) is 0 Å². The molecule has 0 bridgehead atoms. The van der Waals surface area contributed by atoms with Crippen LogP contribution < -0.4 is 20.1 Å². The zero-order valence-corrected chi connectivity index (χ0v) is 31.9. The van der Waals surface area contributed by atoms with Crippen LogP contribution in [0.25, 0.3) is 0 Å². The predicted molar refractivity (Wildman–Crippen MR) is 206 cm³/mol. The monoisotopic (exact) mass is 659 g/mol. The zero-order valence-electron chi connectivity index (χ0n) is 31.9. The summed E-state index contributed by atoms with van der Waals surface area (Å²) in [4.78, 5) is 12.9. The van der Waals surface area contributed by atoms with Crippen LogP contribution in [0.5, 0.6) is 11.5 Å². The minimum absolute atomic E-state index is 0.324. The van der Waals surface area contributed by atoms with E-state index in [1.807, 2.05) is 38.1 Å². The van der Waals surface area contributed by atoms with E-state index in [9.17, 15) is 4.79 Å². The molecule has 2 rings (SSSR count). The smallest absolute Gasteiger partial charge is 0.123 e. The van der Waals surface area contributed by atoms with E-state index in [-0.39, 0.29) is 0 Å². The normalized spacial score (nSPS) is 12.0. The molecule has 0 spiro atoms. The molecule has 0 radical (unpaired) electrons. The number of nitrogens with two attached hydrogens (primary N) is 1. The highest BCUT2D eigenvalue weighted by molar-refractivity contribution is 5.53. The zero-order chi connectivity index (χ0) is 35.7. The molecule has 0 aliphatic rings. The van der Waals surface area contributed by atoms with Gasteiger partial charge in [-0.25, -0.2) is 0 Å². The SMILES string of the molecule is CCCCC(C=O)CC.CCCCC(CC)CN(CC(CC)CCCC)c1ccc(OCC)cc1.CCOc1ccc(N)cc1.CO. The maximum absolute atomic E-state index is 10.2. The molecule has 0 fully saturated rings. The van der Waals surface area contributed by atoms with Crippen LogP contribution in [0, 0.1) is 17.8 Å². The van der Waals surface area contributed by atoms with Crippen LogP contribution in [0.1, 0.15) is 132 Å². The molecule has 0 heterocycles. The van der Waals surface area contributed by atoms with Gasteiger partial charge in [0.05, 0.1) is 13.2 Å². The summed E-state index contributed by atoms with van der Waals surface area (Å²) in [6, 6.07) is 16.1. The summed E-state index contributed by atoms with van der Waals surface area (Å²) in [5, 5.41) is 7.00.